The molecule has 0 aliphatic rings. The molecule has 29 heavy (non-hydrogen) atoms. The molecule has 0 radical (unpaired) electrons. The summed E-state index contributed by atoms with van der Waals surface area (Å²) in [6.45, 7) is 2.71. The van der Waals surface area contributed by atoms with Crippen LogP contribution >= 0.6 is 23.4 Å². The molecule has 148 valence electrons. The molecule has 0 aliphatic heterocycles. The minimum atomic E-state index is 0.365. The molecule has 0 bridgehead atoms. The molecule has 2 heterocycles. The highest BCUT2D eigenvalue weighted by molar-refractivity contribution is 7.99. The molecule has 2 aromatic heterocycles. The Labute approximate surface area is 178 Å². The monoisotopic (exact) mass is 425 g/mol. The number of nitrogens with zero attached hydrogens (tertiary/aromatic N) is 4. The predicted octanol–water partition coefficient (Wildman–Crippen LogP) is 4.77. The molecule has 8 heteroatoms. The van der Waals surface area contributed by atoms with Gasteiger partial charge in [0.05, 0.1) is 12.0 Å². The molecule has 0 amide bonds. The zero-order chi connectivity index (χ0) is 20.4. The third-order valence-electron chi connectivity index (χ3n) is 4.61. The number of rotatable bonds is 6. The van der Waals surface area contributed by atoms with Crippen LogP contribution in [0.15, 0.2) is 58.8 Å². The van der Waals surface area contributed by atoms with Crippen molar-refractivity contribution in [2.45, 2.75) is 29.9 Å². The first-order valence-corrected chi connectivity index (χ1v) is 10.3. The fourth-order valence-electron chi connectivity index (χ4n) is 3.11. The van der Waals surface area contributed by atoms with E-state index in [-0.39, 0.29) is 0 Å². The van der Waals surface area contributed by atoms with Crippen molar-refractivity contribution >= 4 is 40.3 Å². The summed E-state index contributed by atoms with van der Waals surface area (Å²) >= 11 is 7.87. The number of methoxy groups -OCH3 is 1. The van der Waals surface area contributed by atoms with Crippen molar-refractivity contribution in [1.82, 2.24) is 19.5 Å². The van der Waals surface area contributed by atoms with E-state index in [0.29, 0.717) is 23.5 Å². The van der Waals surface area contributed by atoms with Gasteiger partial charge in [0.2, 0.25) is 0 Å². The van der Waals surface area contributed by atoms with E-state index in [1.165, 1.54) is 18.1 Å². The van der Waals surface area contributed by atoms with Crippen molar-refractivity contribution in [3.8, 4) is 5.75 Å². The average Bonchev–Trinajstić information content (AvgIpc) is 3.06. The van der Waals surface area contributed by atoms with Crippen molar-refractivity contribution in [1.29, 1.82) is 0 Å². The summed E-state index contributed by atoms with van der Waals surface area (Å²) in [6.07, 6.45) is 2.21. The summed E-state index contributed by atoms with van der Waals surface area (Å²) in [5.74, 6) is 1.16. The largest absolute Gasteiger partial charge is 0.496 e. The van der Waals surface area contributed by atoms with Crippen LogP contribution in [-0.4, -0.2) is 26.6 Å². The number of halogens is 1. The molecule has 0 fully saturated rings. The number of anilines is 1. The Bertz CT molecular complexity index is 1180. The lowest BCUT2D eigenvalue weighted by molar-refractivity contribution is 0.404. The second-order valence-corrected chi connectivity index (χ2v) is 7.99. The number of nitrogens with two attached hydrogens (primary N) is 1. The molecule has 6 nitrogen and oxygen atoms in total. The number of hydrogen-bond acceptors (Lipinski definition) is 6. The number of imidazole rings is 1. The van der Waals surface area contributed by atoms with Crippen molar-refractivity contribution in [2.24, 2.45) is 0 Å². The minimum Gasteiger partial charge on any atom is -0.496 e. The Kier molecular flexibility index (Phi) is 5.60. The predicted molar refractivity (Wildman–Crippen MR) is 117 cm³/mol. The van der Waals surface area contributed by atoms with Crippen LogP contribution in [0, 0.1) is 6.92 Å². The quantitative estimate of drug-likeness (QED) is 0.479. The molecular weight excluding hydrogens is 406 g/mol. The van der Waals surface area contributed by atoms with Gasteiger partial charge in [0.15, 0.2) is 22.1 Å². The Hall–Kier alpha value is -2.77. The second-order valence-electron chi connectivity index (χ2n) is 6.57. The van der Waals surface area contributed by atoms with Crippen molar-refractivity contribution < 1.29 is 4.74 Å². The fraction of sp³-hybridized carbons (Fsp3) is 0.190. The Balaban J connectivity index is 1.75. The standard InChI is InChI=1S/C21H20ClN5OS/c1-13-7-8-16(28-2)17(11-13)29-21-26-18-19(23)24-12-25-20(18)27(21)10-9-14-5-3-4-6-15(14)22/h3-8,11-12H,9-10H2,1-2H3,(H2,23,24,25). The smallest absolute Gasteiger partial charge is 0.175 e. The molecule has 2 aromatic carbocycles. The zero-order valence-electron chi connectivity index (χ0n) is 16.1. The lowest BCUT2D eigenvalue weighted by Gasteiger charge is -2.11. The first-order valence-electron chi connectivity index (χ1n) is 9.09. The second kappa shape index (κ2) is 8.31. The van der Waals surface area contributed by atoms with Gasteiger partial charge in [0.25, 0.3) is 0 Å². The average molecular weight is 426 g/mol. The Morgan fingerprint density at radius 2 is 2.00 bits per heavy atom. The maximum Gasteiger partial charge on any atom is 0.175 e. The maximum absolute atomic E-state index is 6.34. The molecule has 0 aliphatic carbocycles. The van der Waals surface area contributed by atoms with E-state index in [1.807, 2.05) is 43.3 Å². The van der Waals surface area contributed by atoms with Crippen LogP contribution in [0.1, 0.15) is 11.1 Å². The topological polar surface area (TPSA) is 78.8 Å². The number of fused-ring (bicyclic) bond motifs is 1. The number of hydrogen-bond donors (Lipinski definition) is 1. The summed E-state index contributed by atoms with van der Waals surface area (Å²) in [6, 6.07) is 13.9. The van der Waals surface area contributed by atoms with Crippen LogP contribution in [0.4, 0.5) is 5.82 Å². The number of ether oxygens (including phenoxy) is 1. The lowest BCUT2D eigenvalue weighted by Crippen LogP contribution is -2.05. The van der Waals surface area contributed by atoms with Gasteiger partial charge in [-0.2, -0.15) is 0 Å². The summed E-state index contributed by atoms with van der Waals surface area (Å²) in [5, 5.41) is 1.53. The van der Waals surface area contributed by atoms with Gasteiger partial charge in [0, 0.05) is 11.6 Å². The van der Waals surface area contributed by atoms with Crippen LogP contribution in [-0.2, 0) is 13.0 Å². The zero-order valence-corrected chi connectivity index (χ0v) is 17.7. The van der Waals surface area contributed by atoms with Gasteiger partial charge in [0.1, 0.15) is 12.1 Å². The van der Waals surface area contributed by atoms with E-state index >= 15 is 0 Å². The summed E-state index contributed by atoms with van der Waals surface area (Å²) in [4.78, 5) is 14.2. The molecule has 0 spiro atoms. The maximum atomic E-state index is 6.34. The molecular formula is C21H20ClN5OS. The van der Waals surface area contributed by atoms with Gasteiger partial charge in [-0.15, -0.1) is 0 Å². The van der Waals surface area contributed by atoms with E-state index in [9.17, 15) is 0 Å². The van der Waals surface area contributed by atoms with Crippen LogP contribution in [0.2, 0.25) is 5.02 Å². The first-order chi connectivity index (χ1) is 14.1. The first kappa shape index (κ1) is 19.5. The van der Waals surface area contributed by atoms with Crippen LogP contribution < -0.4 is 10.5 Å². The number of aromatic nitrogens is 4. The van der Waals surface area contributed by atoms with Gasteiger partial charge >= 0.3 is 0 Å². The third kappa shape index (κ3) is 4.02. The molecule has 0 saturated carbocycles. The molecule has 4 rings (SSSR count). The van der Waals surface area contributed by atoms with E-state index in [4.69, 9.17) is 27.1 Å². The summed E-state index contributed by atoms with van der Waals surface area (Å²) in [5.41, 5.74) is 9.58. The highest BCUT2D eigenvalue weighted by Gasteiger charge is 2.18. The normalized spacial score (nSPS) is 11.1. The molecule has 0 unspecified atom stereocenters. The molecule has 2 N–H and O–H groups in total. The SMILES string of the molecule is COc1ccc(C)cc1Sc1nc2c(N)ncnc2n1CCc1ccccc1Cl. The molecule has 4 aromatic rings. The van der Waals surface area contributed by atoms with Gasteiger partial charge in [-0.1, -0.05) is 35.9 Å². The minimum absolute atomic E-state index is 0.365. The molecule has 0 atom stereocenters. The van der Waals surface area contributed by atoms with Crippen LogP contribution in [0.3, 0.4) is 0 Å². The lowest BCUT2D eigenvalue weighted by atomic mass is 10.1. The number of benzene rings is 2. The fourth-order valence-corrected chi connectivity index (χ4v) is 4.46. The van der Waals surface area contributed by atoms with Gasteiger partial charge < -0.3 is 15.0 Å². The van der Waals surface area contributed by atoms with Gasteiger partial charge in [-0.05, 0) is 54.4 Å². The van der Waals surface area contributed by atoms with E-state index in [1.54, 1.807) is 7.11 Å². The Morgan fingerprint density at radius 1 is 1.17 bits per heavy atom. The van der Waals surface area contributed by atoms with Gasteiger partial charge in [-0.3, -0.25) is 0 Å². The van der Waals surface area contributed by atoms with Gasteiger partial charge in [-0.25, -0.2) is 15.0 Å². The Morgan fingerprint density at radius 3 is 2.79 bits per heavy atom. The summed E-state index contributed by atoms with van der Waals surface area (Å²) < 4.78 is 7.59. The van der Waals surface area contributed by atoms with Crippen molar-refractivity contribution in [3.63, 3.8) is 0 Å². The number of aryl methyl sites for hydroxylation is 3. The molecule has 0 saturated heterocycles. The third-order valence-corrected chi connectivity index (χ3v) is 6.01. The van der Waals surface area contributed by atoms with E-state index in [0.717, 1.165) is 38.4 Å². The number of nitrogen functional groups attached to an aromatic ring is 1. The van der Waals surface area contributed by atoms with Crippen LogP contribution in [0.25, 0.3) is 11.2 Å². The van der Waals surface area contributed by atoms with Crippen molar-refractivity contribution in [3.05, 3.63) is 64.9 Å². The highest BCUT2D eigenvalue weighted by Crippen LogP contribution is 2.37. The summed E-state index contributed by atoms with van der Waals surface area (Å²) in [7, 11) is 1.67. The van der Waals surface area contributed by atoms with Crippen molar-refractivity contribution in [2.75, 3.05) is 12.8 Å². The highest BCUT2D eigenvalue weighted by atomic mass is 35.5. The van der Waals surface area contributed by atoms with E-state index < -0.39 is 0 Å². The van der Waals surface area contributed by atoms with Crippen LogP contribution in [0.5, 0.6) is 5.75 Å². The van der Waals surface area contributed by atoms with E-state index in [2.05, 4.69) is 20.6 Å².